The summed E-state index contributed by atoms with van der Waals surface area (Å²) in [6.07, 6.45) is 0. The first-order valence-corrected chi connectivity index (χ1v) is 6.71. The second-order valence-electron chi connectivity index (χ2n) is 5.18. The van der Waals surface area contributed by atoms with Crippen LogP contribution in [0.5, 0.6) is 0 Å². The van der Waals surface area contributed by atoms with Crippen molar-refractivity contribution in [1.82, 2.24) is 5.32 Å². The Kier molecular flexibility index (Phi) is 4.36. The van der Waals surface area contributed by atoms with Gasteiger partial charge in [0.2, 0.25) is 0 Å². The van der Waals surface area contributed by atoms with Crippen LogP contribution in [0.4, 0.5) is 8.78 Å². The van der Waals surface area contributed by atoms with Crippen molar-refractivity contribution >= 4 is 5.91 Å². The summed E-state index contributed by atoms with van der Waals surface area (Å²) in [6, 6.07) is 8.48. The minimum Gasteiger partial charge on any atom is -0.345 e. The first-order valence-electron chi connectivity index (χ1n) is 6.71. The quantitative estimate of drug-likeness (QED) is 0.906. The molecule has 0 aliphatic rings. The van der Waals surface area contributed by atoms with Gasteiger partial charge in [0.05, 0.1) is 11.6 Å². The molecule has 21 heavy (non-hydrogen) atoms. The molecule has 2 aromatic rings. The highest BCUT2D eigenvalue weighted by Crippen LogP contribution is 2.20. The van der Waals surface area contributed by atoms with E-state index in [9.17, 15) is 13.6 Å². The molecule has 0 saturated carbocycles. The summed E-state index contributed by atoms with van der Waals surface area (Å²) in [7, 11) is 0. The van der Waals surface area contributed by atoms with Gasteiger partial charge in [-0.05, 0) is 50.1 Å². The lowest BCUT2D eigenvalue weighted by atomic mass is 9.99. The molecule has 2 nitrogen and oxygen atoms in total. The maximum atomic E-state index is 13.6. The Labute approximate surface area is 122 Å². The average molecular weight is 289 g/mol. The van der Waals surface area contributed by atoms with Gasteiger partial charge in [0.15, 0.2) is 0 Å². The summed E-state index contributed by atoms with van der Waals surface area (Å²) < 4.78 is 26.7. The molecule has 2 aromatic carbocycles. The molecule has 0 aromatic heterocycles. The van der Waals surface area contributed by atoms with Crippen LogP contribution in [0.1, 0.15) is 40.0 Å². The number of carbonyl (C=O) groups is 1. The third-order valence-electron chi connectivity index (χ3n) is 3.42. The molecule has 4 heteroatoms. The number of nitrogens with one attached hydrogen (secondary N) is 1. The van der Waals surface area contributed by atoms with E-state index >= 15 is 0 Å². The zero-order valence-corrected chi connectivity index (χ0v) is 12.2. The Morgan fingerprint density at radius 3 is 2.52 bits per heavy atom. The Balaban J connectivity index is 2.23. The number of carbonyl (C=O) groups excluding carboxylic acids is 1. The molecule has 0 spiro atoms. The SMILES string of the molecule is Cc1ccc(C)c(C(C)NC(=O)c2cc(F)ccc2F)c1. The highest BCUT2D eigenvalue weighted by atomic mass is 19.1. The highest BCUT2D eigenvalue weighted by molar-refractivity contribution is 5.94. The Bertz CT molecular complexity index is 682. The van der Waals surface area contributed by atoms with E-state index in [0.29, 0.717) is 0 Å². The largest absolute Gasteiger partial charge is 0.345 e. The lowest BCUT2D eigenvalue weighted by Crippen LogP contribution is -2.28. The molecule has 1 N–H and O–H groups in total. The van der Waals surface area contributed by atoms with Gasteiger partial charge in [-0.2, -0.15) is 0 Å². The van der Waals surface area contributed by atoms with Crippen molar-refractivity contribution in [1.29, 1.82) is 0 Å². The third-order valence-corrected chi connectivity index (χ3v) is 3.42. The van der Waals surface area contributed by atoms with Crippen LogP contribution in [0.3, 0.4) is 0 Å². The summed E-state index contributed by atoms with van der Waals surface area (Å²) in [5.41, 5.74) is 2.79. The number of hydrogen-bond acceptors (Lipinski definition) is 1. The van der Waals surface area contributed by atoms with Gasteiger partial charge in [0.25, 0.3) is 5.91 Å². The van der Waals surface area contributed by atoms with Crippen molar-refractivity contribution < 1.29 is 13.6 Å². The zero-order valence-electron chi connectivity index (χ0n) is 12.2. The van der Waals surface area contributed by atoms with E-state index in [1.54, 1.807) is 0 Å². The molecular weight excluding hydrogens is 272 g/mol. The molecule has 0 fully saturated rings. The van der Waals surface area contributed by atoms with Gasteiger partial charge < -0.3 is 5.32 Å². The summed E-state index contributed by atoms with van der Waals surface area (Å²) in [5.74, 6) is -2.00. The number of rotatable bonds is 3. The fourth-order valence-electron chi connectivity index (χ4n) is 2.25. The molecule has 0 aliphatic heterocycles. The minimum absolute atomic E-state index is 0.285. The molecule has 1 unspecified atom stereocenters. The zero-order chi connectivity index (χ0) is 15.6. The lowest BCUT2D eigenvalue weighted by Gasteiger charge is -2.17. The van der Waals surface area contributed by atoms with Gasteiger partial charge in [-0.3, -0.25) is 4.79 Å². The van der Waals surface area contributed by atoms with Gasteiger partial charge in [-0.1, -0.05) is 23.8 Å². The van der Waals surface area contributed by atoms with E-state index in [1.807, 2.05) is 39.0 Å². The molecule has 0 aliphatic carbocycles. The smallest absolute Gasteiger partial charge is 0.254 e. The number of amides is 1. The van der Waals surface area contributed by atoms with E-state index in [1.165, 1.54) is 0 Å². The van der Waals surface area contributed by atoms with Crippen molar-refractivity contribution in [3.63, 3.8) is 0 Å². The van der Waals surface area contributed by atoms with E-state index in [0.717, 1.165) is 34.9 Å². The average Bonchev–Trinajstić information content (AvgIpc) is 2.43. The number of hydrogen-bond donors (Lipinski definition) is 1. The molecule has 0 radical (unpaired) electrons. The maximum absolute atomic E-state index is 13.6. The van der Waals surface area contributed by atoms with Crippen LogP contribution < -0.4 is 5.32 Å². The topological polar surface area (TPSA) is 29.1 Å². The lowest BCUT2D eigenvalue weighted by molar-refractivity contribution is 0.0935. The van der Waals surface area contributed by atoms with Crippen molar-refractivity contribution in [2.45, 2.75) is 26.8 Å². The molecule has 2 rings (SSSR count). The third kappa shape index (κ3) is 3.45. The van der Waals surface area contributed by atoms with Crippen molar-refractivity contribution in [2.24, 2.45) is 0 Å². The van der Waals surface area contributed by atoms with Gasteiger partial charge in [-0.25, -0.2) is 8.78 Å². The first-order chi connectivity index (χ1) is 9.88. The van der Waals surface area contributed by atoms with Crippen LogP contribution >= 0.6 is 0 Å². The number of benzene rings is 2. The summed E-state index contributed by atoms with van der Waals surface area (Å²) in [6.45, 7) is 5.72. The van der Waals surface area contributed by atoms with Gasteiger partial charge >= 0.3 is 0 Å². The van der Waals surface area contributed by atoms with Crippen LogP contribution in [0, 0.1) is 25.5 Å². The second kappa shape index (κ2) is 6.04. The van der Waals surface area contributed by atoms with Crippen molar-refractivity contribution in [2.75, 3.05) is 0 Å². The Morgan fingerprint density at radius 2 is 1.81 bits per heavy atom. The molecule has 0 heterocycles. The maximum Gasteiger partial charge on any atom is 0.254 e. The van der Waals surface area contributed by atoms with E-state index in [-0.39, 0.29) is 11.6 Å². The Morgan fingerprint density at radius 1 is 1.10 bits per heavy atom. The molecule has 110 valence electrons. The van der Waals surface area contributed by atoms with Crippen LogP contribution in [0.2, 0.25) is 0 Å². The van der Waals surface area contributed by atoms with E-state index < -0.39 is 17.5 Å². The fourth-order valence-corrected chi connectivity index (χ4v) is 2.25. The second-order valence-corrected chi connectivity index (χ2v) is 5.18. The molecule has 1 atom stereocenters. The van der Waals surface area contributed by atoms with Gasteiger partial charge in [0, 0.05) is 0 Å². The molecular formula is C17H17F2NO. The normalized spacial score (nSPS) is 12.0. The first kappa shape index (κ1) is 15.2. The monoisotopic (exact) mass is 289 g/mol. The van der Waals surface area contributed by atoms with Crippen molar-refractivity contribution in [3.8, 4) is 0 Å². The fraction of sp³-hybridized carbons (Fsp3) is 0.235. The predicted molar refractivity (Wildman–Crippen MR) is 78.2 cm³/mol. The highest BCUT2D eigenvalue weighted by Gasteiger charge is 2.17. The predicted octanol–water partition coefficient (Wildman–Crippen LogP) is 4.07. The standard InChI is InChI=1S/C17H17F2NO/c1-10-4-5-11(2)14(8-10)12(3)20-17(21)15-9-13(18)6-7-16(15)19/h4-9,12H,1-3H3,(H,20,21). The number of halogens is 2. The molecule has 1 amide bonds. The van der Waals surface area contributed by atoms with Crippen LogP contribution in [0.15, 0.2) is 36.4 Å². The molecule has 0 saturated heterocycles. The van der Waals surface area contributed by atoms with Crippen LogP contribution in [0.25, 0.3) is 0 Å². The van der Waals surface area contributed by atoms with Crippen LogP contribution in [-0.4, -0.2) is 5.91 Å². The number of aryl methyl sites for hydroxylation is 2. The minimum atomic E-state index is -0.734. The van der Waals surface area contributed by atoms with E-state index in [2.05, 4.69) is 5.32 Å². The summed E-state index contributed by atoms with van der Waals surface area (Å²) in [5, 5.41) is 2.70. The Hall–Kier alpha value is -2.23. The van der Waals surface area contributed by atoms with E-state index in [4.69, 9.17) is 0 Å². The van der Waals surface area contributed by atoms with Crippen LogP contribution in [-0.2, 0) is 0 Å². The molecule has 0 bridgehead atoms. The van der Waals surface area contributed by atoms with Crippen molar-refractivity contribution in [3.05, 3.63) is 70.3 Å². The summed E-state index contributed by atoms with van der Waals surface area (Å²) >= 11 is 0. The summed E-state index contributed by atoms with van der Waals surface area (Å²) in [4.78, 5) is 12.1. The van der Waals surface area contributed by atoms with Gasteiger partial charge in [0.1, 0.15) is 11.6 Å². The van der Waals surface area contributed by atoms with Gasteiger partial charge in [-0.15, -0.1) is 0 Å².